The Hall–Kier alpha value is -0.610. The van der Waals surface area contributed by atoms with Gasteiger partial charge in [-0.3, -0.25) is 9.69 Å². The predicted molar refractivity (Wildman–Crippen MR) is 73.5 cm³/mol. The fourth-order valence-electron chi connectivity index (χ4n) is 2.54. The summed E-state index contributed by atoms with van der Waals surface area (Å²) in [6.07, 6.45) is 5.70. The van der Waals surface area contributed by atoms with Gasteiger partial charge in [0.05, 0.1) is 13.2 Å². The van der Waals surface area contributed by atoms with Gasteiger partial charge >= 0.3 is 0 Å². The third-order valence-corrected chi connectivity index (χ3v) is 3.73. The van der Waals surface area contributed by atoms with Gasteiger partial charge in [-0.25, -0.2) is 0 Å². The molecule has 1 unspecified atom stereocenters. The molecular weight excluding hydrogens is 228 g/mol. The van der Waals surface area contributed by atoms with Crippen molar-refractivity contribution >= 4 is 5.91 Å². The van der Waals surface area contributed by atoms with Gasteiger partial charge in [-0.2, -0.15) is 0 Å². The van der Waals surface area contributed by atoms with E-state index in [1.165, 1.54) is 6.42 Å². The third kappa shape index (κ3) is 4.94. The number of hydrogen-bond donors (Lipinski definition) is 1. The second-order valence-corrected chi connectivity index (χ2v) is 5.29. The molecule has 0 aromatic carbocycles. The topological polar surface area (TPSA) is 43.8 Å². The molecule has 1 atom stereocenters. The molecule has 1 saturated heterocycles. The Bertz CT molecular complexity index is 246. The molecule has 0 aromatic heterocycles. The number of piperidine rings is 1. The molecule has 4 nitrogen and oxygen atoms in total. The van der Waals surface area contributed by atoms with E-state index in [4.69, 9.17) is 5.11 Å². The van der Waals surface area contributed by atoms with E-state index in [-0.39, 0.29) is 12.5 Å². The van der Waals surface area contributed by atoms with Crippen molar-refractivity contribution in [1.82, 2.24) is 9.80 Å². The minimum Gasteiger partial charge on any atom is -0.395 e. The second-order valence-electron chi connectivity index (χ2n) is 5.29. The van der Waals surface area contributed by atoms with Crippen LogP contribution in [0.4, 0.5) is 0 Å². The first kappa shape index (κ1) is 15.4. The quantitative estimate of drug-likeness (QED) is 0.750. The molecular formula is C14H28N2O2. The number of amides is 1. The first-order chi connectivity index (χ1) is 8.69. The van der Waals surface area contributed by atoms with Crippen LogP contribution >= 0.6 is 0 Å². The van der Waals surface area contributed by atoms with Gasteiger partial charge in [0.25, 0.3) is 0 Å². The average Bonchev–Trinajstić information content (AvgIpc) is 2.36. The van der Waals surface area contributed by atoms with Crippen molar-refractivity contribution in [3.8, 4) is 0 Å². The Morgan fingerprint density at radius 1 is 1.39 bits per heavy atom. The Balaban J connectivity index is 2.43. The normalized spacial score (nSPS) is 20.4. The Labute approximate surface area is 111 Å². The molecule has 1 aliphatic rings. The summed E-state index contributed by atoms with van der Waals surface area (Å²) in [5.74, 6) is 0.228. The lowest BCUT2D eigenvalue weighted by molar-refractivity contribution is -0.135. The highest BCUT2D eigenvalue weighted by Gasteiger charge is 2.24. The fraction of sp³-hybridized carbons (Fsp3) is 0.929. The molecule has 0 aliphatic carbocycles. The van der Waals surface area contributed by atoms with Crippen LogP contribution in [-0.2, 0) is 4.79 Å². The van der Waals surface area contributed by atoms with Crippen molar-refractivity contribution in [3.63, 3.8) is 0 Å². The minimum atomic E-state index is 0.131. The Morgan fingerprint density at radius 2 is 2.17 bits per heavy atom. The highest BCUT2D eigenvalue weighted by atomic mass is 16.3. The van der Waals surface area contributed by atoms with E-state index in [1.807, 2.05) is 4.90 Å². The maximum Gasteiger partial charge on any atom is 0.236 e. The second kappa shape index (κ2) is 8.48. The maximum absolute atomic E-state index is 12.3. The van der Waals surface area contributed by atoms with Crippen molar-refractivity contribution in [2.24, 2.45) is 0 Å². The van der Waals surface area contributed by atoms with Crippen LogP contribution in [0, 0.1) is 0 Å². The highest BCUT2D eigenvalue weighted by molar-refractivity contribution is 5.78. The number of likely N-dealkylation sites (tertiary alicyclic amines) is 1. The van der Waals surface area contributed by atoms with E-state index in [9.17, 15) is 4.79 Å². The van der Waals surface area contributed by atoms with Crippen LogP contribution in [0.15, 0.2) is 0 Å². The summed E-state index contributed by atoms with van der Waals surface area (Å²) < 4.78 is 0. The molecule has 1 heterocycles. The molecule has 1 fully saturated rings. The minimum absolute atomic E-state index is 0.131. The summed E-state index contributed by atoms with van der Waals surface area (Å²) in [6.45, 7) is 7.29. The van der Waals surface area contributed by atoms with Crippen LogP contribution in [0.1, 0.15) is 46.0 Å². The number of nitrogens with zero attached hydrogens (tertiary/aromatic N) is 2. The maximum atomic E-state index is 12.3. The zero-order valence-corrected chi connectivity index (χ0v) is 11.9. The van der Waals surface area contributed by atoms with E-state index >= 15 is 0 Å². The molecule has 18 heavy (non-hydrogen) atoms. The van der Waals surface area contributed by atoms with Crippen molar-refractivity contribution in [3.05, 3.63) is 0 Å². The van der Waals surface area contributed by atoms with Gasteiger partial charge in [0, 0.05) is 19.1 Å². The van der Waals surface area contributed by atoms with E-state index in [0.29, 0.717) is 19.1 Å². The molecule has 0 saturated carbocycles. The van der Waals surface area contributed by atoms with Crippen LogP contribution in [-0.4, -0.2) is 59.6 Å². The van der Waals surface area contributed by atoms with Gasteiger partial charge in [0.2, 0.25) is 5.91 Å². The number of carbonyl (C=O) groups excluding carboxylic acids is 1. The lowest BCUT2D eigenvalue weighted by atomic mass is 10.0. The highest BCUT2D eigenvalue weighted by Crippen LogP contribution is 2.16. The van der Waals surface area contributed by atoms with Gasteiger partial charge in [-0.05, 0) is 39.2 Å². The largest absolute Gasteiger partial charge is 0.395 e. The first-order valence-electron chi connectivity index (χ1n) is 7.31. The van der Waals surface area contributed by atoms with Gasteiger partial charge in [-0.1, -0.05) is 13.3 Å². The molecule has 1 rings (SSSR count). The predicted octanol–water partition coefficient (Wildman–Crippen LogP) is 1.48. The van der Waals surface area contributed by atoms with E-state index in [1.54, 1.807) is 0 Å². The number of hydrogen-bond acceptors (Lipinski definition) is 3. The third-order valence-electron chi connectivity index (χ3n) is 3.73. The van der Waals surface area contributed by atoms with Crippen LogP contribution in [0.3, 0.4) is 0 Å². The monoisotopic (exact) mass is 256 g/mol. The van der Waals surface area contributed by atoms with Gasteiger partial charge in [0.1, 0.15) is 0 Å². The van der Waals surface area contributed by atoms with Crippen LogP contribution in [0.25, 0.3) is 0 Å². The van der Waals surface area contributed by atoms with Crippen LogP contribution in [0.2, 0.25) is 0 Å². The molecule has 0 radical (unpaired) electrons. The van der Waals surface area contributed by atoms with Gasteiger partial charge < -0.3 is 10.0 Å². The van der Waals surface area contributed by atoms with Crippen molar-refractivity contribution in [1.29, 1.82) is 0 Å². The number of aliphatic hydroxyl groups excluding tert-OH is 1. The van der Waals surface area contributed by atoms with Crippen molar-refractivity contribution in [2.75, 3.05) is 32.8 Å². The lowest BCUT2D eigenvalue weighted by Crippen LogP contribution is -2.47. The van der Waals surface area contributed by atoms with Gasteiger partial charge in [-0.15, -0.1) is 0 Å². The standard InChI is InChI=1S/C14H28N2O2/c1-3-4-8-15(10-11-17)12-14(18)16-9-6-5-7-13(16)2/h13,17H,3-12H2,1-2H3. The number of aliphatic hydroxyl groups is 1. The summed E-state index contributed by atoms with van der Waals surface area (Å²) in [7, 11) is 0. The van der Waals surface area contributed by atoms with Crippen LogP contribution < -0.4 is 0 Å². The SMILES string of the molecule is CCCCN(CCO)CC(=O)N1CCCCC1C. The molecule has 106 valence electrons. The van der Waals surface area contributed by atoms with E-state index < -0.39 is 0 Å². The molecule has 1 N–H and O–H groups in total. The number of carbonyl (C=O) groups is 1. The summed E-state index contributed by atoms with van der Waals surface area (Å²) in [6, 6.07) is 0.383. The van der Waals surface area contributed by atoms with Crippen LogP contribution in [0.5, 0.6) is 0 Å². The van der Waals surface area contributed by atoms with Crippen molar-refractivity contribution in [2.45, 2.75) is 52.0 Å². The zero-order valence-electron chi connectivity index (χ0n) is 11.9. The summed E-state index contributed by atoms with van der Waals surface area (Å²) in [5.41, 5.74) is 0. The average molecular weight is 256 g/mol. The zero-order chi connectivity index (χ0) is 13.4. The number of unbranched alkanes of at least 4 members (excludes halogenated alkanes) is 1. The Kier molecular flexibility index (Phi) is 7.28. The molecule has 1 amide bonds. The fourth-order valence-corrected chi connectivity index (χ4v) is 2.54. The van der Waals surface area contributed by atoms with E-state index in [2.05, 4.69) is 18.7 Å². The summed E-state index contributed by atoms with van der Waals surface area (Å²) >= 11 is 0. The summed E-state index contributed by atoms with van der Waals surface area (Å²) in [4.78, 5) is 16.3. The number of rotatable bonds is 7. The van der Waals surface area contributed by atoms with E-state index in [0.717, 1.165) is 38.8 Å². The molecule has 0 spiro atoms. The molecule has 1 aliphatic heterocycles. The van der Waals surface area contributed by atoms with Gasteiger partial charge in [0.15, 0.2) is 0 Å². The Morgan fingerprint density at radius 3 is 2.78 bits per heavy atom. The lowest BCUT2D eigenvalue weighted by Gasteiger charge is -2.35. The molecule has 0 aromatic rings. The van der Waals surface area contributed by atoms with Crippen molar-refractivity contribution < 1.29 is 9.90 Å². The first-order valence-corrected chi connectivity index (χ1v) is 7.31. The smallest absolute Gasteiger partial charge is 0.236 e. The molecule has 4 heteroatoms. The molecule has 0 bridgehead atoms. The summed E-state index contributed by atoms with van der Waals surface area (Å²) in [5, 5.41) is 9.04.